The average Bonchev–Trinajstić information content (AvgIpc) is 2.37. The molecule has 0 bridgehead atoms. The fourth-order valence-electron chi connectivity index (χ4n) is 1.35. The number of hydrogen-bond acceptors (Lipinski definition) is 4. The number of rotatable bonds is 5. The van der Waals surface area contributed by atoms with E-state index < -0.39 is 12.1 Å². The fraction of sp³-hybridized carbons (Fsp3) is 0.231. The normalized spacial score (nSPS) is 11.9. The number of carbonyl (C=O) groups is 1. The monoisotopic (exact) mass is 281 g/mol. The molecule has 6 heteroatoms. The lowest BCUT2D eigenvalue weighted by molar-refractivity contribution is -0.131. The molecular weight excluding hydrogens is 270 g/mol. The first-order valence-electron chi connectivity index (χ1n) is 5.32. The van der Waals surface area contributed by atoms with Crippen molar-refractivity contribution in [1.82, 2.24) is 0 Å². The number of ether oxygens (including phenoxy) is 2. The van der Waals surface area contributed by atoms with Gasteiger partial charge in [0, 0.05) is 22.7 Å². The van der Waals surface area contributed by atoms with Crippen molar-refractivity contribution >= 4 is 23.6 Å². The van der Waals surface area contributed by atoms with Gasteiger partial charge in [0.15, 0.2) is 17.6 Å². The van der Waals surface area contributed by atoms with Crippen molar-refractivity contribution in [1.29, 1.82) is 5.26 Å². The standard InChI is InChI=1S/C13H12ClNO4/c1-8(7-15)19-13-9(3-4-12(16)17)5-10(14)6-11(13)18-2/h3-6,8H,1-2H3,(H,16,17)/b4-3+. The van der Waals surface area contributed by atoms with Crippen LogP contribution in [0.1, 0.15) is 12.5 Å². The SMILES string of the molecule is COc1cc(Cl)cc(/C=C/C(=O)O)c1OC(C)C#N. The lowest BCUT2D eigenvalue weighted by atomic mass is 10.1. The second-order valence-corrected chi connectivity index (χ2v) is 4.02. The van der Waals surface area contributed by atoms with Crippen molar-refractivity contribution in [2.24, 2.45) is 0 Å². The summed E-state index contributed by atoms with van der Waals surface area (Å²) in [7, 11) is 1.43. The van der Waals surface area contributed by atoms with E-state index in [1.807, 2.05) is 6.07 Å². The van der Waals surface area contributed by atoms with Crippen LogP contribution < -0.4 is 9.47 Å². The largest absolute Gasteiger partial charge is 0.493 e. The van der Waals surface area contributed by atoms with E-state index in [0.29, 0.717) is 16.3 Å². The van der Waals surface area contributed by atoms with Crippen molar-refractivity contribution in [3.05, 3.63) is 28.8 Å². The molecule has 1 atom stereocenters. The van der Waals surface area contributed by atoms with Gasteiger partial charge in [0.1, 0.15) is 6.07 Å². The van der Waals surface area contributed by atoms with Crippen molar-refractivity contribution in [3.63, 3.8) is 0 Å². The van der Waals surface area contributed by atoms with Gasteiger partial charge >= 0.3 is 5.97 Å². The molecule has 1 unspecified atom stereocenters. The van der Waals surface area contributed by atoms with Crippen LogP contribution in [0.4, 0.5) is 0 Å². The minimum atomic E-state index is -1.10. The minimum absolute atomic E-state index is 0.276. The highest BCUT2D eigenvalue weighted by Gasteiger charge is 2.14. The third-order valence-electron chi connectivity index (χ3n) is 2.15. The lowest BCUT2D eigenvalue weighted by Crippen LogP contribution is -2.10. The molecule has 0 aliphatic rings. The third-order valence-corrected chi connectivity index (χ3v) is 2.37. The Balaban J connectivity index is 3.29. The van der Waals surface area contributed by atoms with E-state index in [9.17, 15) is 4.79 Å². The molecule has 1 rings (SSSR count). The van der Waals surface area contributed by atoms with Crippen LogP contribution >= 0.6 is 11.6 Å². The number of benzene rings is 1. The van der Waals surface area contributed by atoms with E-state index in [4.69, 9.17) is 31.4 Å². The Hall–Kier alpha value is -2.19. The van der Waals surface area contributed by atoms with Crippen LogP contribution in [0.5, 0.6) is 11.5 Å². The van der Waals surface area contributed by atoms with Crippen LogP contribution in [0.2, 0.25) is 5.02 Å². The maximum atomic E-state index is 10.6. The van der Waals surface area contributed by atoms with Crippen LogP contribution in [0.15, 0.2) is 18.2 Å². The Labute approximate surface area is 115 Å². The van der Waals surface area contributed by atoms with E-state index in [0.717, 1.165) is 6.08 Å². The molecular formula is C13H12ClNO4. The van der Waals surface area contributed by atoms with Crippen LogP contribution in [0.3, 0.4) is 0 Å². The maximum Gasteiger partial charge on any atom is 0.328 e. The fourth-order valence-corrected chi connectivity index (χ4v) is 1.57. The quantitative estimate of drug-likeness (QED) is 0.840. The zero-order valence-corrected chi connectivity index (χ0v) is 11.1. The Morgan fingerprint density at radius 1 is 1.58 bits per heavy atom. The molecule has 0 saturated carbocycles. The summed E-state index contributed by atoms with van der Waals surface area (Å²) >= 11 is 5.90. The number of methoxy groups -OCH3 is 1. The molecule has 19 heavy (non-hydrogen) atoms. The molecule has 1 N–H and O–H groups in total. The summed E-state index contributed by atoms with van der Waals surface area (Å²) in [6.45, 7) is 1.57. The van der Waals surface area contributed by atoms with Gasteiger partial charge in [0.05, 0.1) is 7.11 Å². The molecule has 0 radical (unpaired) electrons. The van der Waals surface area contributed by atoms with Gasteiger partial charge in [-0.1, -0.05) is 11.6 Å². The zero-order valence-electron chi connectivity index (χ0n) is 10.4. The van der Waals surface area contributed by atoms with Crippen LogP contribution in [0, 0.1) is 11.3 Å². The number of hydrogen-bond donors (Lipinski definition) is 1. The zero-order chi connectivity index (χ0) is 14.4. The molecule has 0 spiro atoms. The van der Waals surface area contributed by atoms with Gasteiger partial charge in [-0.2, -0.15) is 5.26 Å². The average molecular weight is 282 g/mol. The number of carboxylic acid groups (broad SMARTS) is 1. The predicted molar refractivity (Wildman–Crippen MR) is 70.4 cm³/mol. The van der Waals surface area contributed by atoms with Crippen molar-refractivity contribution in [2.75, 3.05) is 7.11 Å². The van der Waals surface area contributed by atoms with Gasteiger partial charge in [-0.15, -0.1) is 0 Å². The Morgan fingerprint density at radius 3 is 2.79 bits per heavy atom. The van der Waals surface area contributed by atoms with Gasteiger partial charge < -0.3 is 14.6 Å². The highest BCUT2D eigenvalue weighted by Crippen LogP contribution is 2.36. The van der Waals surface area contributed by atoms with Gasteiger partial charge in [-0.3, -0.25) is 0 Å². The highest BCUT2D eigenvalue weighted by atomic mass is 35.5. The Morgan fingerprint density at radius 2 is 2.26 bits per heavy atom. The summed E-state index contributed by atoms with van der Waals surface area (Å²) in [6, 6.07) is 4.98. The van der Waals surface area contributed by atoms with Crippen molar-refractivity contribution in [2.45, 2.75) is 13.0 Å². The molecule has 0 aromatic heterocycles. The molecule has 0 saturated heterocycles. The summed E-state index contributed by atoms with van der Waals surface area (Å²) in [5.74, 6) is -0.490. The molecule has 100 valence electrons. The van der Waals surface area contributed by atoms with E-state index >= 15 is 0 Å². The first-order chi connectivity index (χ1) is 8.97. The molecule has 0 fully saturated rings. The second-order valence-electron chi connectivity index (χ2n) is 3.59. The molecule has 0 aliphatic heterocycles. The van der Waals surface area contributed by atoms with Gasteiger partial charge in [0.2, 0.25) is 0 Å². The predicted octanol–water partition coefficient (Wildman–Crippen LogP) is 2.74. The van der Waals surface area contributed by atoms with E-state index in [1.165, 1.54) is 25.3 Å². The molecule has 5 nitrogen and oxygen atoms in total. The van der Waals surface area contributed by atoms with Crippen LogP contribution in [-0.2, 0) is 4.79 Å². The van der Waals surface area contributed by atoms with E-state index in [-0.39, 0.29) is 5.75 Å². The third kappa shape index (κ3) is 4.19. The number of nitrogens with zero attached hydrogens (tertiary/aromatic N) is 1. The molecule has 0 amide bonds. The van der Waals surface area contributed by atoms with Crippen molar-refractivity contribution in [3.8, 4) is 17.6 Å². The summed E-state index contributed by atoms with van der Waals surface area (Å²) in [5.41, 5.74) is 0.425. The van der Waals surface area contributed by atoms with Gasteiger partial charge in [0.25, 0.3) is 0 Å². The smallest absolute Gasteiger partial charge is 0.328 e. The molecule has 0 aliphatic carbocycles. The molecule has 0 heterocycles. The van der Waals surface area contributed by atoms with Gasteiger partial charge in [-0.25, -0.2) is 4.79 Å². The summed E-state index contributed by atoms with van der Waals surface area (Å²) in [5, 5.41) is 17.8. The maximum absolute atomic E-state index is 10.6. The van der Waals surface area contributed by atoms with Crippen LogP contribution in [0.25, 0.3) is 6.08 Å². The topological polar surface area (TPSA) is 79.6 Å². The van der Waals surface area contributed by atoms with Crippen molar-refractivity contribution < 1.29 is 19.4 Å². The number of carboxylic acids is 1. The van der Waals surface area contributed by atoms with Crippen LogP contribution in [-0.4, -0.2) is 24.3 Å². The number of halogens is 1. The van der Waals surface area contributed by atoms with Gasteiger partial charge in [-0.05, 0) is 19.1 Å². The highest BCUT2D eigenvalue weighted by molar-refractivity contribution is 6.31. The first-order valence-corrected chi connectivity index (χ1v) is 5.70. The Kier molecular flexibility index (Phi) is 5.22. The lowest BCUT2D eigenvalue weighted by Gasteiger charge is -2.15. The number of nitriles is 1. The molecule has 1 aromatic carbocycles. The van der Waals surface area contributed by atoms with E-state index in [1.54, 1.807) is 6.92 Å². The van der Waals surface area contributed by atoms with E-state index in [2.05, 4.69) is 0 Å². The summed E-state index contributed by atoms with van der Waals surface area (Å²) < 4.78 is 10.5. The number of aliphatic carboxylic acids is 1. The minimum Gasteiger partial charge on any atom is -0.493 e. The summed E-state index contributed by atoms with van der Waals surface area (Å²) in [4.78, 5) is 10.6. The summed E-state index contributed by atoms with van der Waals surface area (Å²) in [6.07, 6.45) is 1.58. The first kappa shape index (κ1) is 14.9. The molecule has 1 aromatic rings. The Bertz CT molecular complexity index is 548. The second kappa shape index (κ2) is 6.66.